The van der Waals surface area contributed by atoms with Crippen LogP contribution in [0.15, 0.2) is 63.6 Å². The highest BCUT2D eigenvalue weighted by molar-refractivity contribution is 9.10. The molecular formula is C21H16BrN3O2. The Bertz CT molecular complexity index is 1150. The predicted molar refractivity (Wildman–Crippen MR) is 109 cm³/mol. The highest BCUT2D eigenvalue weighted by Gasteiger charge is 2.16. The van der Waals surface area contributed by atoms with Crippen molar-refractivity contribution in [3.05, 3.63) is 76.0 Å². The Hall–Kier alpha value is -2.99. The Labute approximate surface area is 164 Å². The third kappa shape index (κ3) is 3.61. The molecule has 1 N–H and O–H groups in total. The number of amides is 1. The number of carbonyl (C=O) groups is 1. The maximum atomic E-state index is 13.0. The molecule has 2 aromatic carbocycles. The summed E-state index contributed by atoms with van der Waals surface area (Å²) in [6, 6.07) is 17.3. The van der Waals surface area contributed by atoms with Crippen LogP contribution in [0.4, 0.5) is 5.82 Å². The Kier molecular flexibility index (Phi) is 4.49. The monoisotopic (exact) mass is 421 g/mol. The van der Waals surface area contributed by atoms with Gasteiger partial charge in [-0.3, -0.25) is 4.79 Å². The topological polar surface area (TPSA) is 68.0 Å². The molecule has 4 aromatic rings. The molecule has 0 aliphatic heterocycles. The van der Waals surface area contributed by atoms with Gasteiger partial charge in [0.1, 0.15) is 5.76 Å². The number of fused-ring (bicyclic) bond motifs is 1. The van der Waals surface area contributed by atoms with Crippen molar-refractivity contribution in [3.63, 3.8) is 0 Å². The maximum absolute atomic E-state index is 13.0. The lowest BCUT2D eigenvalue weighted by atomic mass is 10.0. The first-order valence-corrected chi connectivity index (χ1v) is 9.21. The van der Waals surface area contributed by atoms with Gasteiger partial charge in [0.25, 0.3) is 5.91 Å². The molecule has 0 fully saturated rings. The van der Waals surface area contributed by atoms with Crippen molar-refractivity contribution in [1.29, 1.82) is 0 Å². The van der Waals surface area contributed by atoms with Gasteiger partial charge in [0.05, 0.1) is 16.8 Å². The number of benzene rings is 2. The Morgan fingerprint density at radius 3 is 2.52 bits per heavy atom. The molecule has 0 saturated heterocycles. The molecule has 0 spiro atoms. The molecule has 0 radical (unpaired) electrons. The molecule has 1 amide bonds. The summed E-state index contributed by atoms with van der Waals surface area (Å²) in [6.07, 6.45) is 0. The van der Waals surface area contributed by atoms with Gasteiger partial charge >= 0.3 is 0 Å². The lowest BCUT2D eigenvalue weighted by Gasteiger charge is -2.10. The number of aromatic nitrogens is 2. The summed E-state index contributed by atoms with van der Waals surface area (Å²) in [7, 11) is 0. The summed E-state index contributed by atoms with van der Waals surface area (Å²) in [5.41, 5.74) is 4.14. The average molecular weight is 422 g/mol. The van der Waals surface area contributed by atoms with Crippen LogP contribution in [0.1, 0.15) is 21.7 Å². The number of pyridine rings is 1. The van der Waals surface area contributed by atoms with Gasteiger partial charge in [-0.1, -0.05) is 50.9 Å². The number of halogens is 1. The Morgan fingerprint density at radius 1 is 1.04 bits per heavy atom. The average Bonchev–Trinajstić information content (AvgIpc) is 3.06. The zero-order valence-electron chi connectivity index (χ0n) is 14.8. The molecule has 6 heteroatoms. The lowest BCUT2D eigenvalue weighted by Crippen LogP contribution is -2.13. The minimum atomic E-state index is -0.262. The standard InChI is InChI=1S/C21H16BrN3O2/c1-12-3-5-14(6-4-12)19-11-17(16-10-15(22)7-8-18(16)23-19)21(26)24-20-9-13(2)27-25-20/h3-11H,1-2H3,(H,24,25,26). The fourth-order valence-corrected chi connectivity index (χ4v) is 3.23. The SMILES string of the molecule is Cc1ccc(-c2cc(C(=O)Nc3cc(C)on3)c3cc(Br)ccc3n2)cc1. The molecule has 5 nitrogen and oxygen atoms in total. The van der Waals surface area contributed by atoms with Gasteiger partial charge in [0.15, 0.2) is 5.82 Å². The van der Waals surface area contributed by atoms with Crippen molar-refractivity contribution in [3.8, 4) is 11.3 Å². The van der Waals surface area contributed by atoms with Gasteiger partial charge in [0.2, 0.25) is 0 Å². The molecule has 2 heterocycles. The van der Waals surface area contributed by atoms with Crippen molar-refractivity contribution in [2.45, 2.75) is 13.8 Å². The zero-order valence-corrected chi connectivity index (χ0v) is 16.4. The zero-order chi connectivity index (χ0) is 19.0. The van der Waals surface area contributed by atoms with Crippen LogP contribution in [-0.2, 0) is 0 Å². The first-order chi connectivity index (χ1) is 13.0. The van der Waals surface area contributed by atoms with Crippen molar-refractivity contribution >= 4 is 38.6 Å². The van der Waals surface area contributed by atoms with Gasteiger partial charge in [-0.25, -0.2) is 4.98 Å². The first kappa shape index (κ1) is 17.4. The first-order valence-electron chi connectivity index (χ1n) is 8.41. The van der Waals surface area contributed by atoms with Crippen LogP contribution in [0, 0.1) is 13.8 Å². The summed E-state index contributed by atoms with van der Waals surface area (Å²) in [4.78, 5) is 17.7. The Balaban J connectivity index is 1.84. The lowest BCUT2D eigenvalue weighted by molar-refractivity contribution is 0.102. The number of nitrogens with zero attached hydrogens (tertiary/aromatic N) is 2. The number of aryl methyl sites for hydroxylation is 2. The van der Waals surface area contributed by atoms with Gasteiger partial charge in [-0.2, -0.15) is 0 Å². The molecule has 0 saturated carbocycles. The largest absolute Gasteiger partial charge is 0.360 e. The normalized spacial score (nSPS) is 10.9. The van der Waals surface area contributed by atoms with E-state index in [9.17, 15) is 4.79 Å². The molecule has 0 bridgehead atoms. The molecule has 2 aromatic heterocycles. The van der Waals surface area contributed by atoms with E-state index in [-0.39, 0.29) is 5.91 Å². The van der Waals surface area contributed by atoms with Gasteiger partial charge in [-0.05, 0) is 38.1 Å². The summed E-state index contributed by atoms with van der Waals surface area (Å²) in [5, 5.41) is 7.39. The van der Waals surface area contributed by atoms with E-state index in [2.05, 4.69) is 26.4 Å². The van der Waals surface area contributed by atoms with Gasteiger partial charge in [0, 0.05) is 21.5 Å². The fraction of sp³-hybridized carbons (Fsp3) is 0.0952. The van der Waals surface area contributed by atoms with E-state index in [1.165, 1.54) is 5.56 Å². The van der Waals surface area contributed by atoms with E-state index in [4.69, 9.17) is 9.51 Å². The smallest absolute Gasteiger partial charge is 0.257 e. The number of rotatable bonds is 3. The summed E-state index contributed by atoms with van der Waals surface area (Å²) in [6.45, 7) is 3.81. The predicted octanol–water partition coefficient (Wildman–Crippen LogP) is 5.52. The van der Waals surface area contributed by atoms with Crippen LogP contribution in [0.3, 0.4) is 0 Å². The third-order valence-corrected chi connectivity index (χ3v) is 4.73. The van der Waals surface area contributed by atoms with Crippen LogP contribution < -0.4 is 5.32 Å². The highest BCUT2D eigenvalue weighted by atomic mass is 79.9. The second-order valence-electron chi connectivity index (χ2n) is 6.36. The summed E-state index contributed by atoms with van der Waals surface area (Å²) >= 11 is 3.47. The van der Waals surface area contributed by atoms with Crippen LogP contribution in [0.2, 0.25) is 0 Å². The number of nitrogens with one attached hydrogen (secondary N) is 1. The minimum absolute atomic E-state index is 0.262. The fourth-order valence-electron chi connectivity index (χ4n) is 2.87. The van der Waals surface area contributed by atoms with E-state index in [1.54, 1.807) is 13.0 Å². The highest BCUT2D eigenvalue weighted by Crippen LogP contribution is 2.28. The number of hydrogen-bond acceptors (Lipinski definition) is 4. The van der Waals surface area contributed by atoms with Gasteiger partial charge in [-0.15, -0.1) is 0 Å². The molecule has 4 rings (SSSR count). The van der Waals surface area contributed by atoms with Crippen molar-refractivity contribution in [1.82, 2.24) is 10.1 Å². The van der Waals surface area contributed by atoms with Crippen LogP contribution >= 0.6 is 15.9 Å². The summed E-state index contributed by atoms with van der Waals surface area (Å²) < 4.78 is 5.91. The maximum Gasteiger partial charge on any atom is 0.257 e. The van der Waals surface area contributed by atoms with Gasteiger partial charge < -0.3 is 9.84 Å². The van der Waals surface area contributed by atoms with Crippen LogP contribution in [-0.4, -0.2) is 16.0 Å². The quantitative estimate of drug-likeness (QED) is 0.472. The van der Waals surface area contributed by atoms with E-state index in [0.717, 1.165) is 26.6 Å². The van der Waals surface area contributed by atoms with Crippen molar-refractivity contribution in [2.75, 3.05) is 5.32 Å². The second kappa shape index (κ2) is 6.96. The third-order valence-electron chi connectivity index (χ3n) is 4.23. The summed E-state index contributed by atoms with van der Waals surface area (Å²) in [5.74, 6) is 0.754. The van der Waals surface area contributed by atoms with E-state index < -0.39 is 0 Å². The second-order valence-corrected chi connectivity index (χ2v) is 7.28. The van der Waals surface area contributed by atoms with E-state index in [0.29, 0.717) is 17.1 Å². The van der Waals surface area contributed by atoms with Crippen LogP contribution in [0.25, 0.3) is 22.2 Å². The molecule has 0 atom stereocenters. The molecule has 0 aliphatic rings. The minimum Gasteiger partial charge on any atom is -0.360 e. The Morgan fingerprint density at radius 2 is 1.81 bits per heavy atom. The van der Waals surface area contributed by atoms with Crippen LogP contribution in [0.5, 0.6) is 0 Å². The molecule has 134 valence electrons. The molecule has 27 heavy (non-hydrogen) atoms. The molecule has 0 unspecified atom stereocenters. The van der Waals surface area contributed by atoms with Crippen molar-refractivity contribution in [2.24, 2.45) is 0 Å². The number of carbonyl (C=O) groups excluding carboxylic acids is 1. The molecular weight excluding hydrogens is 406 g/mol. The number of anilines is 1. The number of hydrogen-bond donors (Lipinski definition) is 1. The van der Waals surface area contributed by atoms with E-state index >= 15 is 0 Å². The van der Waals surface area contributed by atoms with E-state index in [1.807, 2.05) is 55.5 Å². The van der Waals surface area contributed by atoms with Crippen molar-refractivity contribution < 1.29 is 9.32 Å². The molecule has 0 aliphatic carbocycles.